The van der Waals surface area contributed by atoms with Gasteiger partial charge in [-0.2, -0.15) is 0 Å². The number of amides is 1. The maximum absolute atomic E-state index is 11.8. The van der Waals surface area contributed by atoms with Gasteiger partial charge in [0.1, 0.15) is 0 Å². The summed E-state index contributed by atoms with van der Waals surface area (Å²) >= 11 is 0. The summed E-state index contributed by atoms with van der Waals surface area (Å²) < 4.78 is 35.4. The number of carbonyl (C=O) groups is 1. The number of hydrogen-bond acceptors (Lipinski definition) is 6. The first kappa shape index (κ1) is 15.4. The summed E-state index contributed by atoms with van der Waals surface area (Å²) in [6.07, 6.45) is 3.25. The molecule has 2 fully saturated rings. The molecule has 3 rings (SSSR count). The molecule has 0 unspecified atom stereocenters. The van der Waals surface area contributed by atoms with Crippen LogP contribution in [0.5, 0.6) is 0 Å². The lowest BCUT2D eigenvalue weighted by molar-refractivity contribution is 0.0732. The fraction of sp³-hybridized carbons (Fsp3) is 0.692. The first-order valence-electron chi connectivity index (χ1n) is 7.21. The second-order valence-corrected chi connectivity index (χ2v) is 7.77. The molecule has 1 aromatic heterocycles. The molecular formula is C13H19N3O5S. The monoisotopic (exact) mass is 329 g/mol. The van der Waals surface area contributed by atoms with E-state index < -0.39 is 10.0 Å². The number of nitrogens with one attached hydrogen (secondary N) is 1. The van der Waals surface area contributed by atoms with Crippen LogP contribution in [0.15, 0.2) is 16.8 Å². The molecule has 22 heavy (non-hydrogen) atoms. The molecule has 0 bridgehead atoms. The van der Waals surface area contributed by atoms with Crippen molar-refractivity contribution < 1.29 is 22.5 Å². The van der Waals surface area contributed by atoms with Gasteiger partial charge in [-0.15, -0.1) is 0 Å². The molecule has 0 aromatic carbocycles. The average molecular weight is 329 g/mol. The van der Waals surface area contributed by atoms with Crippen LogP contribution in [-0.4, -0.2) is 62.4 Å². The Kier molecular flexibility index (Phi) is 4.20. The van der Waals surface area contributed by atoms with Gasteiger partial charge in [-0.25, -0.2) is 12.7 Å². The lowest BCUT2D eigenvalue weighted by atomic mass is 9.85. The molecule has 1 amide bonds. The Balaban J connectivity index is 1.59. The summed E-state index contributed by atoms with van der Waals surface area (Å²) in [7, 11) is -3.19. The fourth-order valence-corrected chi connectivity index (χ4v) is 4.00. The molecule has 2 saturated heterocycles. The van der Waals surface area contributed by atoms with Crippen LogP contribution in [0.3, 0.4) is 0 Å². The Morgan fingerprint density at radius 1 is 1.55 bits per heavy atom. The number of piperidine rings is 1. The maximum atomic E-state index is 11.8. The van der Waals surface area contributed by atoms with E-state index >= 15 is 0 Å². The van der Waals surface area contributed by atoms with E-state index in [1.165, 1.54) is 22.8 Å². The van der Waals surface area contributed by atoms with Crippen molar-refractivity contribution in [3.8, 4) is 0 Å². The van der Waals surface area contributed by atoms with E-state index in [0.29, 0.717) is 32.2 Å². The van der Waals surface area contributed by atoms with Crippen molar-refractivity contribution in [2.45, 2.75) is 12.5 Å². The smallest absolute Gasteiger partial charge is 0.289 e. The van der Waals surface area contributed by atoms with E-state index in [0.717, 1.165) is 6.42 Å². The zero-order chi connectivity index (χ0) is 15.7. The highest BCUT2D eigenvalue weighted by Crippen LogP contribution is 2.34. The first-order valence-corrected chi connectivity index (χ1v) is 9.05. The van der Waals surface area contributed by atoms with Crippen molar-refractivity contribution >= 4 is 15.9 Å². The van der Waals surface area contributed by atoms with E-state index in [1.54, 1.807) is 0 Å². The van der Waals surface area contributed by atoms with Crippen LogP contribution in [0.4, 0.5) is 0 Å². The predicted octanol–water partition coefficient (Wildman–Crippen LogP) is -0.299. The Morgan fingerprint density at radius 2 is 2.36 bits per heavy atom. The third-order valence-electron chi connectivity index (χ3n) is 4.37. The zero-order valence-corrected chi connectivity index (χ0v) is 13.1. The first-order chi connectivity index (χ1) is 10.4. The Hall–Kier alpha value is -1.45. The zero-order valence-electron chi connectivity index (χ0n) is 12.3. The van der Waals surface area contributed by atoms with Crippen molar-refractivity contribution in [2.75, 3.05) is 32.5 Å². The largest absolute Gasteiger partial charge is 0.376 e. The number of rotatable bonds is 4. The summed E-state index contributed by atoms with van der Waals surface area (Å²) in [5.74, 6) is 0.264. The number of aromatic nitrogens is 1. The number of ether oxygens (including phenoxy) is 1. The second-order valence-electron chi connectivity index (χ2n) is 5.79. The molecule has 0 aliphatic carbocycles. The molecule has 122 valence electrons. The van der Waals surface area contributed by atoms with Gasteiger partial charge in [-0.1, -0.05) is 5.16 Å². The van der Waals surface area contributed by atoms with Crippen LogP contribution in [0.1, 0.15) is 17.0 Å². The van der Waals surface area contributed by atoms with Gasteiger partial charge < -0.3 is 14.6 Å². The van der Waals surface area contributed by atoms with Crippen molar-refractivity contribution in [2.24, 2.45) is 11.8 Å². The van der Waals surface area contributed by atoms with Crippen molar-refractivity contribution in [3.05, 3.63) is 18.0 Å². The Bertz CT molecular complexity index is 630. The molecule has 8 nitrogen and oxygen atoms in total. The molecule has 2 aliphatic heterocycles. The van der Waals surface area contributed by atoms with Gasteiger partial charge >= 0.3 is 0 Å². The van der Waals surface area contributed by atoms with E-state index in [2.05, 4.69) is 10.5 Å². The van der Waals surface area contributed by atoms with Gasteiger partial charge in [0.25, 0.3) is 5.91 Å². The third kappa shape index (κ3) is 3.16. The molecular weight excluding hydrogens is 310 g/mol. The summed E-state index contributed by atoms with van der Waals surface area (Å²) in [6.45, 7) is 1.94. The van der Waals surface area contributed by atoms with Crippen LogP contribution in [0.25, 0.3) is 0 Å². The number of fused-ring (bicyclic) bond motifs is 1. The lowest BCUT2D eigenvalue weighted by Crippen LogP contribution is -2.47. The third-order valence-corrected chi connectivity index (χ3v) is 5.64. The number of nitrogens with zero attached hydrogens (tertiary/aromatic N) is 2. The highest BCUT2D eigenvalue weighted by atomic mass is 32.2. The summed E-state index contributed by atoms with van der Waals surface area (Å²) in [6, 6.07) is 1.49. The van der Waals surface area contributed by atoms with Crippen LogP contribution < -0.4 is 5.32 Å². The summed E-state index contributed by atoms with van der Waals surface area (Å²) in [4.78, 5) is 11.8. The van der Waals surface area contributed by atoms with Gasteiger partial charge in [0.05, 0.1) is 25.2 Å². The molecule has 3 atom stereocenters. The quantitative estimate of drug-likeness (QED) is 0.814. The van der Waals surface area contributed by atoms with Crippen molar-refractivity contribution in [1.29, 1.82) is 0 Å². The molecule has 1 aromatic rings. The predicted molar refractivity (Wildman–Crippen MR) is 76.6 cm³/mol. The van der Waals surface area contributed by atoms with Crippen molar-refractivity contribution in [1.82, 2.24) is 14.8 Å². The Labute approximate surface area is 128 Å². The SMILES string of the molecule is CS(=O)(=O)N1CC[C@H]2CO[C@H](CNC(=O)c3ccno3)[C@H]2C1. The minimum absolute atomic E-state index is 0.110. The maximum Gasteiger partial charge on any atom is 0.289 e. The van der Waals surface area contributed by atoms with E-state index in [9.17, 15) is 13.2 Å². The highest BCUT2D eigenvalue weighted by molar-refractivity contribution is 7.88. The van der Waals surface area contributed by atoms with E-state index in [1.807, 2.05) is 0 Å². The Morgan fingerprint density at radius 3 is 3.05 bits per heavy atom. The number of hydrogen-bond donors (Lipinski definition) is 1. The topological polar surface area (TPSA) is 102 Å². The average Bonchev–Trinajstić information content (AvgIpc) is 3.13. The van der Waals surface area contributed by atoms with Gasteiger partial charge in [-0.05, 0) is 12.3 Å². The van der Waals surface area contributed by atoms with Gasteiger partial charge in [-0.3, -0.25) is 4.79 Å². The molecule has 0 spiro atoms. The number of sulfonamides is 1. The molecule has 1 N–H and O–H groups in total. The van der Waals surface area contributed by atoms with Crippen LogP contribution in [-0.2, 0) is 14.8 Å². The minimum atomic E-state index is -3.19. The van der Waals surface area contributed by atoms with Crippen molar-refractivity contribution in [3.63, 3.8) is 0 Å². The van der Waals surface area contributed by atoms with E-state index in [-0.39, 0.29) is 23.7 Å². The molecule has 3 heterocycles. The molecule has 0 saturated carbocycles. The summed E-state index contributed by atoms with van der Waals surface area (Å²) in [5, 5.41) is 6.23. The molecule has 0 radical (unpaired) electrons. The number of carbonyl (C=O) groups excluding carboxylic acids is 1. The standard InChI is InChI=1S/C13H19N3O5S/c1-22(18,19)16-5-3-9-8-20-12(10(9)7-16)6-14-13(17)11-2-4-15-21-11/h2,4,9-10,12H,3,5-8H2,1H3,(H,14,17)/t9-,10-,12+/m0/s1. The molecule has 9 heteroatoms. The van der Waals surface area contributed by atoms with Crippen LogP contribution in [0, 0.1) is 11.8 Å². The van der Waals surface area contributed by atoms with Crippen LogP contribution in [0.2, 0.25) is 0 Å². The second kappa shape index (κ2) is 5.98. The van der Waals surface area contributed by atoms with E-state index in [4.69, 9.17) is 9.26 Å². The highest BCUT2D eigenvalue weighted by Gasteiger charge is 2.42. The van der Waals surface area contributed by atoms with Gasteiger partial charge in [0, 0.05) is 31.6 Å². The van der Waals surface area contributed by atoms with Gasteiger partial charge in [0.15, 0.2) is 0 Å². The fourth-order valence-electron chi connectivity index (χ4n) is 3.12. The molecule has 2 aliphatic rings. The van der Waals surface area contributed by atoms with Crippen LogP contribution >= 0.6 is 0 Å². The van der Waals surface area contributed by atoms with Gasteiger partial charge in [0.2, 0.25) is 15.8 Å². The summed E-state index contributed by atoms with van der Waals surface area (Å²) in [5.41, 5.74) is 0. The minimum Gasteiger partial charge on any atom is -0.376 e. The normalized spacial score (nSPS) is 29.2. The lowest BCUT2D eigenvalue weighted by Gasteiger charge is -2.34.